The lowest BCUT2D eigenvalue weighted by Gasteiger charge is -2.43. The molecule has 2 unspecified atom stereocenters. The quantitative estimate of drug-likeness (QED) is 0.126. The molecule has 0 saturated carbocycles. The van der Waals surface area contributed by atoms with E-state index in [1.165, 1.54) is 11.1 Å². The number of methoxy groups -OCH3 is 1. The second kappa shape index (κ2) is 20.9. The molecule has 2 atom stereocenters. The summed E-state index contributed by atoms with van der Waals surface area (Å²) < 4.78 is 7.44. The van der Waals surface area contributed by atoms with Gasteiger partial charge < -0.3 is 9.64 Å². The monoisotopic (exact) mass is 690 g/mol. The van der Waals surface area contributed by atoms with Gasteiger partial charge in [-0.25, -0.2) is 4.98 Å². The summed E-state index contributed by atoms with van der Waals surface area (Å²) in [5.74, 6) is 1.20. The molecule has 2 aromatic carbocycles. The molecule has 7 nitrogen and oxygen atoms in total. The Balaban J connectivity index is 0.00000425. The first-order valence-corrected chi connectivity index (χ1v) is 19.0. The van der Waals surface area contributed by atoms with Gasteiger partial charge in [0.2, 0.25) is 0 Å². The van der Waals surface area contributed by atoms with Gasteiger partial charge in [-0.05, 0) is 79.1 Å². The van der Waals surface area contributed by atoms with Crippen LogP contribution in [0.5, 0.6) is 0 Å². The van der Waals surface area contributed by atoms with Crippen LogP contribution in [0.1, 0.15) is 121 Å². The van der Waals surface area contributed by atoms with E-state index < -0.39 is 0 Å². The molecule has 3 aromatic rings. The summed E-state index contributed by atoms with van der Waals surface area (Å²) in [7, 11) is 6.05. The maximum absolute atomic E-state index is 14.0. The average Bonchev–Trinajstić information content (AvgIpc) is 3.08. The van der Waals surface area contributed by atoms with Crippen molar-refractivity contribution in [2.45, 2.75) is 126 Å². The van der Waals surface area contributed by atoms with E-state index in [0.717, 1.165) is 56.1 Å². The number of hydrogen-bond acceptors (Lipinski definition) is 6. The maximum atomic E-state index is 14.0. The van der Waals surface area contributed by atoms with E-state index in [1.807, 2.05) is 43.5 Å². The molecule has 0 saturated heterocycles. The summed E-state index contributed by atoms with van der Waals surface area (Å²) in [5.41, 5.74) is 5.23. The van der Waals surface area contributed by atoms with Crippen molar-refractivity contribution in [3.8, 4) is 0 Å². The van der Waals surface area contributed by atoms with Crippen molar-refractivity contribution in [2.24, 2.45) is 5.92 Å². The molecular formula is C43H71N5O2. The summed E-state index contributed by atoms with van der Waals surface area (Å²) in [4.78, 5) is 26.9. The molecule has 0 N–H and O–H groups in total. The lowest BCUT2D eigenvalue weighted by atomic mass is 9.92. The van der Waals surface area contributed by atoms with Gasteiger partial charge in [0, 0.05) is 62.4 Å². The zero-order valence-corrected chi connectivity index (χ0v) is 34.2. The van der Waals surface area contributed by atoms with Crippen LogP contribution in [0.3, 0.4) is 0 Å². The van der Waals surface area contributed by atoms with Crippen molar-refractivity contribution in [1.29, 1.82) is 0 Å². The van der Waals surface area contributed by atoms with Crippen LogP contribution < -0.4 is 5.56 Å². The lowest BCUT2D eigenvalue weighted by Crippen LogP contribution is -2.51. The smallest absolute Gasteiger partial charge is 0.257 e. The predicted molar refractivity (Wildman–Crippen MR) is 213 cm³/mol. The average molecular weight is 690 g/mol. The van der Waals surface area contributed by atoms with Gasteiger partial charge in [0.15, 0.2) is 0 Å². The molecule has 3 rings (SSSR count). The van der Waals surface area contributed by atoms with Crippen LogP contribution in [-0.2, 0) is 17.9 Å². The fourth-order valence-corrected chi connectivity index (χ4v) is 6.46. The molecule has 0 aliphatic carbocycles. The van der Waals surface area contributed by atoms with E-state index in [0.29, 0.717) is 30.8 Å². The molecule has 0 aliphatic rings. The summed E-state index contributed by atoms with van der Waals surface area (Å²) in [6.07, 6.45) is 2.24. The highest BCUT2D eigenvalue weighted by Crippen LogP contribution is 2.30. The Morgan fingerprint density at radius 2 is 1.50 bits per heavy atom. The number of nitrogens with zero attached hydrogens (tertiary/aromatic N) is 5. The molecule has 0 radical (unpaired) electrons. The molecular weight excluding hydrogens is 619 g/mol. The fourth-order valence-electron chi connectivity index (χ4n) is 6.46. The highest BCUT2D eigenvalue weighted by Gasteiger charge is 2.31. The van der Waals surface area contributed by atoms with E-state index in [-0.39, 0.29) is 22.9 Å². The number of aryl methyl sites for hydroxylation is 1. The Bertz CT molecular complexity index is 1450. The Hall–Kier alpha value is -2.84. The van der Waals surface area contributed by atoms with Crippen molar-refractivity contribution in [3.63, 3.8) is 0 Å². The van der Waals surface area contributed by atoms with Gasteiger partial charge in [0.25, 0.3) is 5.56 Å². The minimum atomic E-state index is 0.0108. The van der Waals surface area contributed by atoms with Crippen LogP contribution in [0.4, 0.5) is 0 Å². The number of likely N-dealkylation sites (N-methyl/N-ethyl adjacent to an activating group) is 1. The minimum absolute atomic E-state index is 0.0108. The van der Waals surface area contributed by atoms with Crippen LogP contribution in [0.15, 0.2) is 59.4 Å². The van der Waals surface area contributed by atoms with E-state index in [1.54, 1.807) is 7.11 Å². The second-order valence-electron chi connectivity index (χ2n) is 15.2. The van der Waals surface area contributed by atoms with Gasteiger partial charge >= 0.3 is 0 Å². The van der Waals surface area contributed by atoms with Crippen molar-refractivity contribution in [3.05, 3.63) is 98.7 Å². The van der Waals surface area contributed by atoms with Crippen LogP contribution in [0, 0.1) is 19.8 Å². The summed E-state index contributed by atoms with van der Waals surface area (Å²) >= 11 is 0. The molecule has 7 heteroatoms. The van der Waals surface area contributed by atoms with Crippen LogP contribution in [0.25, 0.3) is 0 Å². The first-order valence-electron chi connectivity index (χ1n) is 19.0. The SMILES string of the molecule is CC.CCCC(c1ccc(C)cc1)N(CCN(CC(c1nc(COC)c(C)c(=O)n1Cc1ccccc1)C(C)C)C(C)C)CC(C)(C)N(C)C. The third-order valence-electron chi connectivity index (χ3n) is 10.2. The highest BCUT2D eigenvalue weighted by molar-refractivity contribution is 5.25. The summed E-state index contributed by atoms with van der Waals surface area (Å²) in [6.45, 7) is 28.6. The predicted octanol–water partition coefficient (Wildman–Crippen LogP) is 8.71. The Kier molecular flexibility index (Phi) is 18.1. The highest BCUT2D eigenvalue weighted by atomic mass is 16.5. The maximum Gasteiger partial charge on any atom is 0.257 e. The zero-order valence-electron chi connectivity index (χ0n) is 34.2. The van der Waals surface area contributed by atoms with E-state index in [9.17, 15) is 4.79 Å². The molecule has 0 amide bonds. The van der Waals surface area contributed by atoms with Crippen LogP contribution >= 0.6 is 0 Å². The van der Waals surface area contributed by atoms with Gasteiger partial charge in [-0.3, -0.25) is 19.2 Å². The van der Waals surface area contributed by atoms with Crippen molar-refractivity contribution >= 4 is 0 Å². The van der Waals surface area contributed by atoms with Gasteiger partial charge in [0.1, 0.15) is 5.82 Å². The van der Waals surface area contributed by atoms with E-state index in [2.05, 4.69) is 121 Å². The van der Waals surface area contributed by atoms with Crippen molar-refractivity contribution in [1.82, 2.24) is 24.3 Å². The molecule has 50 heavy (non-hydrogen) atoms. The normalized spacial score (nSPS) is 13.3. The first kappa shape index (κ1) is 43.3. The number of hydrogen-bond donors (Lipinski definition) is 0. The number of aromatic nitrogens is 2. The molecule has 0 aliphatic heterocycles. The molecule has 1 aromatic heterocycles. The van der Waals surface area contributed by atoms with Gasteiger partial charge in [0.05, 0.1) is 18.8 Å². The lowest BCUT2D eigenvalue weighted by molar-refractivity contribution is 0.0689. The third-order valence-corrected chi connectivity index (χ3v) is 10.2. The molecule has 0 bridgehead atoms. The Morgan fingerprint density at radius 3 is 2.02 bits per heavy atom. The summed E-state index contributed by atoms with van der Waals surface area (Å²) in [5, 5.41) is 0. The van der Waals surface area contributed by atoms with E-state index in [4.69, 9.17) is 9.72 Å². The molecule has 0 spiro atoms. The van der Waals surface area contributed by atoms with Gasteiger partial charge in [-0.2, -0.15) is 0 Å². The van der Waals surface area contributed by atoms with Crippen molar-refractivity contribution < 1.29 is 4.74 Å². The standard InChI is InChI=1S/C41H65N5O2.C2H6/c1-13-17-38(35-22-20-32(6)21-23-35)45(29-41(8,9)43(10)11)25-24-44(31(4)5)27-36(30(2)3)39-42-37(28-48-12)33(7)40(47)46(39)26-34-18-15-14-16-19-34;1-2/h14-16,18-23,30-31,36,38H,13,17,24-29H2,1-12H3;1-2H3. The largest absolute Gasteiger partial charge is 0.378 e. The third kappa shape index (κ3) is 12.1. The Labute approximate surface area is 306 Å². The van der Waals surface area contributed by atoms with Crippen LogP contribution in [-0.4, -0.2) is 83.2 Å². The van der Waals surface area contributed by atoms with Crippen LogP contribution in [0.2, 0.25) is 0 Å². The molecule has 280 valence electrons. The topological polar surface area (TPSA) is 53.8 Å². The zero-order chi connectivity index (χ0) is 37.6. The summed E-state index contributed by atoms with van der Waals surface area (Å²) in [6, 6.07) is 20.1. The van der Waals surface area contributed by atoms with E-state index >= 15 is 0 Å². The first-order chi connectivity index (χ1) is 23.7. The number of benzene rings is 2. The number of rotatable bonds is 19. The second-order valence-corrected chi connectivity index (χ2v) is 15.2. The van der Waals surface area contributed by atoms with Gasteiger partial charge in [-0.15, -0.1) is 0 Å². The Morgan fingerprint density at radius 1 is 0.900 bits per heavy atom. The number of ether oxygens (including phenoxy) is 1. The molecule has 0 fully saturated rings. The minimum Gasteiger partial charge on any atom is -0.378 e. The fraction of sp³-hybridized carbons (Fsp3) is 0.628. The molecule has 1 heterocycles. The van der Waals surface area contributed by atoms with Crippen molar-refractivity contribution in [2.75, 3.05) is 47.4 Å². The van der Waals surface area contributed by atoms with Gasteiger partial charge in [-0.1, -0.05) is 101 Å².